The quantitative estimate of drug-likeness (QED) is 0.181. The number of aromatic amines is 1. The molecule has 0 aliphatic carbocycles. The van der Waals surface area contributed by atoms with Crippen LogP contribution in [0.15, 0.2) is 58.9 Å². The first-order valence-corrected chi connectivity index (χ1v) is 14.6. The van der Waals surface area contributed by atoms with E-state index in [9.17, 15) is 33.5 Å². The van der Waals surface area contributed by atoms with Gasteiger partial charge >= 0.3 is 11.9 Å². The third-order valence-electron chi connectivity index (χ3n) is 6.21. The third-order valence-corrected chi connectivity index (χ3v) is 6.82. The number of nitrogens with one attached hydrogen (secondary N) is 2. The number of fused-ring (bicyclic) bond motifs is 1. The Kier molecular flexibility index (Phi) is 7.23. The number of nitriles is 1. The lowest BCUT2D eigenvalue weighted by molar-refractivity contribution is 0.0696. The molecule has 2 aromatic carbocycles. The monoisotopic (exact) mass is 616 g/mol. The van der Waals surface area contributed by atoms with Crippen LogP contribution in [0.5, 0.6) is 0 Å². The summed E-state index contributed by atoms with van der Waals surface area (Å²) in [6, 6.07) is 11.9. The Hall–Kier alpha value is -5.89. The number of carboxylic acids is 2. The standard InChI is InChI=1S/C27H24N10O6S/c1-27(2,3)21-20(24-30-22(34-37(24)33-21)14-5-7-18(8-6-14)35-44(4,42)43)31-32-23-17(12-28)13-29-36(23)19-10-15(25(38)39)9-16(11-19)26(40)41/h5-11,13,35H,1-4H3,(H,30,34)(H,38,39)(H,40,41)/b32-31+. The summed E-state index contributed by atoms with van der Waals surface area (Å²) in [5.74, 6) is -2.36. The zero-order valence-electron chi connectivity index (χ0n) is 23.6. The molecule has 0 unspecified atom stereocenters. The van der Waals surface area contributed by atoms with Gasteiger partial charge in [0, 0.05) is 16.7 Å². The molecule has 0 spiro atoms. The van der Waals surface area contributed by atoms with E-state index >= 15 is 0 Å². The Balaban J connectivity index is 1.61. The normalized spacial score (nSPS) is 12.1. The number of H-pyrrole nitrogens is 1. The predicted octanol–water partition coefficient (Wildman–Crippen LogP) is 4.26. The predicted molar refractivity (Wildman–Crippen MR) is 156 cm³/mol. The topological polar surface area (TPSA) is 233 Å². The second-order valence-electron chi connectivity index (χ2n) is 10.7. The zero-order valence-corrected chi connectivity index (χ0v) is 24.4. The number of nitrogens with zero attached hydrogens (tertiary/aromatic N) is 8. The fourth-order valence-electron chi connectivity index (χ4n) is 4.24. The lowest BCUT2D eigenvalue weighted by Crippen LogP contribution is -2.12. The van der Waals surface area contributed by atoms with E-state index in [1.54, 1.807) is 24.3 Å². The van der Waals surface area contributed by atoms with E-state index in [2.05, 4.69) is 35.2 Å². The number of aromatic carboxylic acids is 2. The number of carbonyl (C=O) groups is 2. The minimum absolute atomic E-state index is 0.000154. The van der Waals surface area contributed by atoms with Crippen LogP contribution in [0.1, 0.15) is 52.7 Å². The molecule has 0 radical (unpaired) electrons. The molecule has 0 bridgehead atoms. The van der Waals surface area contributed by atoms with E-state index in [1.807, 2.05) is 26.8 Å². The Morgan fingerprint density at radius 2 is 1.66 bits per heavy atom. The van der Waals surface area contributed by atoms with Gasteiger partial charge in [0.25, 0.3) is 0 Å². The van der Waals surface area contributed by atoms with Gasteiger partial charge in [-0.2, -0.15) is 15.5 Å². The summed E-state index contributed by atoms with van der Waals surface area (Å²) >= 11 is 0. The molecule has 224 valence electrons. The van der Waals surface area contributed by atoms with Gasteiger partial charge in [0.2, 0.25) is 10.0 Å². The van der Waals surface area contributed by atoms with E-state index in [1.165, 1.54) is 23.0 Å². The largest absolute Gasteiger partial charge is 0.478 e. The van der Waals surface area contributed by atoms with Crippen molar-refractivity contribution in [3.8, 4) is 23.1 Å². The summed E-state index contributed by atoms with van der Waals surface area (Å²) in [5, 5.41) is 50.7. The molecule has 3 aromatic heterocycles. The molecule has 0 aliphatic rings. The number of azo groups is 1. The number of anilines is 1. The smallest absolute Gasteiger partial charge is 0.335 e. The molecule has 5 rings (SSSR count). The Labute approximate surface area is 249 Å². The molecule has 0 saturated heterocycles. The molecule has 16 nitrogen and oxygen atoms in total. The van der Waals surface area contributed by atoms with Crippen LogP contribution in [0, 0.1) is 11.3 Å². The first-order chi connectivity index (χ1) is 20.6. The summed E-state index contributed by atoms with van der Waals surface area (Å²) in [5.41, 5.74) is 1.14. The molecule has 5 aromatic rings. The number of hydrogen-bond donors (Lipinski definition) is 4. The number of carboxylic acid groups (broad SMARTS) is 2. The fraction of sp³-hybridized carbons (Fsp3) is 0.185. The van der Waals surface area contributed by atoms with Gasteiger partial charge in [-0.25, -0.2) is 22.7 Å². The van der Waals surface area contributed by atoms with Crippen molar-refractivity contribution >= 4 is 44.8 Å². The minimum Gasteiger partial charge on any atom is -0.478 e. The van der Waals surface area contributed by atoms with Gasteiger partial charge < -0.3 is 15.2 Å². The maximum absolute atomic E-state index is 11.7. The maximum atomic E-state index is 11.7. The van der Waals surface area contributed by atoms with Crippen molar-refractivity contribution in [1.82, 2.24) is 29.6 Å². The SMILES string of the molecule is CC(C)(C)c1nn2nc(-c3ccc(NS(C)(=O)=O)cc3)[nH]c2c1/N=N/c1c(C#N)cnn1-c1cc(C(=O)O)cc(C(=O)O)c1. The second kappa shape index (κ2) is 10.7. The number of rotatable bonds is 8. The highest BCUT2D eigenvalue weighted by Gasteiger charge is 2.27. The first kappa shape index (κ1) is 29.6. The van der Waals surface area contributed by atoms with Crippen LogP contribution >= 0.6 is 0 Å². The summed E-state index contributed by atoms with van der Waals surface area (Å²) in [7, 11) is -3.44. The van der Waals surface area contributed by atoms with Crippen molar-refractivity contribution in [2.45, 2.75) is 26.2 Å². The zero-order chi connectivity index (χ0) is 32.0. The van der Waals surface area contributed by atoms with Gasteiger partial charge in [0.05, 0.1) is 35.0 Å². The second-order valence-corrected chi connectivity index (χ2v) is 12.4. The fourth-order valence-corrected chi connectivity index (χ4v) is 4.80. The van der Waals surface area contributed by atoms with Gasteiger partial charge in [-0.1, -0.05) is 20.8 Å². The van der Waals surface area contributed by atoms with Crippen LogP contribution in [-0.2, 0) is 15.4 Å². The number of sulfonamides is 1. The molecule has 3 heterocycles. The van der Waals surface area contributed by atoms with Gasteiger partial charge in [0.15, 0.2) is 23.0 Å². The average molecular weight is 617 g/mol. The Bertz CT molecular complexity index is 2100. The highest BCUT2D eigenvalue weighted by atomic mass is 32.2. The van der Waals surface area contributed by atoms with Gasteiger partial charge in [-0.05, 0) is 42.5 Å². The Morgan fingerprint density at radius 1 is 1.02 bits per heavy atom. The number of benzene rings is 2. The molecule has 44 heavy (non-hydrogen) atoms. The summed E-state index contributed by atoms with van der Waals surface area (Å²) in [6.07, 6.45) is 2.26. The van der Waals surface area contributed by atoms with Crippen LogP contribution in [0.2, 0.25) is 0 Å². The lowest BCUT2D eigenvalue weighted by Gasteiger charge is -2.15. The van der Waals surface area contributed by atoms with Gasteiger partial charge in [0.1, 0.15) is 11.6 Å². The Morgan fingerprint density at radius 3 is 2.20 bits per heavy atom. The van der Waals surface area contributed by atoms with Crippen LogP contribution in [0.3, 0.4) is 0 Å². The number of aromatic nitrogens is 6. The van der Waals surface area contributed by atoms with Crippen LogP contribution in [0.4, 0.5) is 17.2 Å². The molecule has 0 atom stereocenters. The molecule has 0 amide bonds. The average Bonchev–Trinajstić information content (AvgIpc) is 3.64. The minimum atomic E-state index is -3.44. The van der Waals surface area contributed by atoms with E-state index in [-0.39, 0.29) is 28.2 Å². The molecule has 0 aliphatic heterocycles. The van der Waals surface area contributed by atoms with Crippen molar-refractivity contribution in [3.63, 3.8) is 0 Å². The van der Waals surface area contributed by atoms with Crippen LogP contribution in [-0.4, -0.2) is 66.4 Å². The van der Waals surface area contributed by atoms with Crippen molar-refractivity contribution in [2.75, 3.05) is 11.0 Å². The van der Waals surface area contributed by atoms with Crippen molar-refractivity contribution in [1.29, 1.82) is 5.26 Å². The molecule has 17 heteroatoms. The van der Waals surface area contributed by atoms with Crippen LogP contribution < -0.4 is 4.72 Å². The van der Waals surface area contributed by atoms with E-state index in [0.717, 1.165) is 17.0 Å². The van der Waals surface area contributed by atoms with E-state index in [4.69, 9.17) is 0 Å². The maximum Gasteiger partial charge on any atom is 0.335 e. The van der Waals surface area contributed by atoms with E-state index in [0.29, 0.717) is 34.1 Å². The van der Waals surface area contributed by atoms with Gasteiger partial charge in [-0.3, -0.25) is 4.72 Å². The summed E-state index contributed by atoms with van der Waals surface area (Å²) in [4.78, 5) is 26.5. The molecule has 0 fully saturated rings. The lowest BCUT2D eigenvalue weighted by atomic mass is 9.91. The number of hydrogen-bond acceptors (Lipinski definition) is 10. The van der Waals surface area contributed by atoms with Crippen molar-refractivity contribution < 1.29 is 28.2 Å². The van der Waals surface area contributed by atoms with E-state index < -0.39 is 27.4 Å². The van der Waals surface area contributed by atoms with Crippen molar-refractivity contribution in [3.05, 3.63) is 71.0 Å². The van der Waals surface area contributed by atoms with Crippen LogP contribution in [0.25, 0.3) is 22.7 Å². The van der Waals surface area contributed by atoms with Crippen molar-refractivity contribution in [2.24, 2.45) is 10.2 Å². The third kappa shape index (κ3) is 5.87. The molecule has 4 N–H and O–H groups in total. The highest BCUT2D eigenvalue weighted by molar-refractivity contribution is 7.92. The first-order valence-electron chi connectivity index (χ1n) is 12.7. The molecular formula is C27H24N10O6S. The molecule has 0 saturated carbocycles. The molecular weight excluding hydrogens is 592 g/mol. The highest BCUT2D eigenvalue weighted by Crippen LogP contribution is 2.36. The van der Waals surface area contributed by atoms with Gasteiger partial charge in [-0.15, -0.1) is 20.0 Å². The summed E-state index contributed by atoms with van der Waals surface area (Å²) in [6.45, 7) is 5.74. The summed E-state index contributed by atoms with van der Waals surface area (Å²) < 4.78 is 27.9.